The first kappa shape index (κ1) is 17.9. The van der Waals surface area contributed by atoms with Crippen molar-refractivity contribution in [2.24, 2.45) is 11.5 Å². The molecule has 1 aromatic carbocycles. The summed E-state index contributed by atoms with van der Waals surface area (Å²) in [5.74, 6) is 0.0192. The molecule has 128 valence electrons. The van der Waals surface area contributed by atoms with Gasteiger partial charge in [-0.05, 0) is 36.2 Å². The number of benzene rings is 1. The highest BCUT2D eigenvalue weighted by Gasteiger charge is 2.28. The second kappa shape index (κ2) is 7.42. The second-order valence-corrected chi connectivity index (χ2v) is 6.09. The third kappa shape index (κ3) is 4.10. The second-order valence-electron chi connectivity index (χ2n) is 6.09. The molecule has 0 bridgehead atoms. The third-order valence-corrected chi connectivity index (χ3v) is 3.82. The topological polar surface area (TPSA) is 97.3 Å². The number of hydrogen-bond donors (Lipinski definition) is 3. The summed E-state index contributed by atoms with van der Waals surface area (Å²) in [6, 6.07) is 11.7. The Labute approximate surface area is 142 Å². The molecular formula is C18H25N5O. The van der Waals surface area contributed by atoms with Crippen LogP contribution in [0.2, 0.25) is 0 Å². The summed E-state index contributed by atoms with van der Waals surface area (Å²) in [6.07, 6.45) is 2.75. The molecule has 0 fully saturated rings. The number of nitrogens with zero attached hydrogens (tertiary/aromatic N) is 2. The molecule has 0 aliphatic heterocycles. The molecule has 5 N–H and O–H groups in total. The van der Waals surface area contributed by atoms with Gasteiger partial charge in [0.2, 0.25) is 0 Å². The summed E-state index contributed by atoms with van der Waals surface area (Å²) in [4.78, 5) is 18.6. The largest absolute Gasteiger partial charge is 0.378 e. The van der Waals surface area contributed by atoms with E-state index in [1.807, 2.05) is 62.3 Å². The number of nitrogens with two attached hydrogens (primary N) is 2. The van der Waals surface area contributed by atoms with E-state index in [2.05, 4.69) is 10.3 Å². The smallest absolute Gasteiger partial charge is 0.260 e. The van der Waals surface area contributed by atoms with Crippen LogP contribution < -0.4 is 21.7 Å². The van der Waals surface area contributed by atoms with Crippen LogP contribution in [-0.2, 0) is 4.79 Å². The van der Waals surface area contributed by atoms with Gasteiger partial charge in [-0.25, -0.2) is 4.98 Å². The van der Waals surface area contributed by atoms with Crippen molar-refractivity contribution in [3.8, 4) is 11.1 Å². The zero-order valence-corrected chi connectivity index (χ0v) is 14.4. The van der Waals surface area contributed by atoms with Crippen molar-refractivity contribution in [2.45, 2.75) is 25.4 Å². The van der Waals surface area contributed by atoms with Gasteiger partial charge < -0.3 is 21.7 Å². The zero-order chi connectivity index (χ0) is 17.7. The summed E-state index contributed by atoms with van der Waals surface area (Å²) >= 11 is 0. The number of rotatable bonds is 6. The predicted octanol–water partition coefficient (Wildman–Crippen LogP) is 2.17. The van der Waals surface area contributed by atoms with E-state index in [1.54, 1.807) is 6.20 Å². The molecule has 6 heteroatoms. The molecule has 0 spiro atoms. The van der Waals surface area contributed by atoms with E-state index in [0.29, 0.717) is 12.2 Å². The number of carbonyl (C=O) groups is 1. The molecule has 1 aromatic heterocycles. The van der Waals surface area contributed by atoms with Gasteiger partial charge in [-0.3, -0.25) is 4.79 Å². The summed E-state index contributed by atoms with van der Waals surface area (Å²) in [5, 5.41) is 2.76. The van der Waals surface area contributed by atoms with Crippen molar-refractivity contribution in [3.63, 3.8) is 0 Å². The van der Waals surface area contributed by atoms with Crippen LogP contribution in [0.3, 0.4) is 0 Å². The fourth-order valence-corrected chi connectivity index (χ4v) is 2.43. The molecule has 1 heterocycles. The van der Waals surface area contributed by atoms with Crippen LogP contribution in [0, 0.1) is 0 Å². The Morgan fingerprint density at radius 2 is 1.88 bits per heavy atom. The normalized spacial score (nSPS) is 11.2. The Hall–Kier alpha value is -2.44. The Balaban J connectivity index is 2.29. The van der Waals surface area contributed by atoms with Gasteiger partial charge >= 0.3 is 0 Å². The maximum atomic E-state index is 12.3. The number of aromatic nitrogens is 1. The Morgan fingerprint density at radius 1 is 1.21 bits per heavy atom. The summed E-state index contributed by atoms with van der Waals surface area (Å²) in [6.45, 7) is 1.93. The minimum atomic E-state index is -1.40. The number of pyridine rings is 1. The van der Waals surface area contributed by atoms with Gasteiger partial charge in [0.05, 0.1) is 0 Å². The summed E-state index contributed by atoms with van der Waals surface area (Å²) in [5.41, 5.74) is 13.3. The lowest BCUT2D eigenvalue weighted by Crippen LogP contribution is -2.58. The molecule has 0 radical (unpaired) electrons. The molecule has 1 amide bonds. The van der Waals surface area contributed by atoms with Crippen molar-refractivity contribution in [2.75, 3.05) is 24.3 Å². The molecule has 2 rings (SSSR count). The maximum Gasteiger partial charge on any atom is 0.260 e. The van der Waals surface area contributed by atoms with E-state index in [-0.39, 0.29) is 0 Å². The number of carbonyl (C=O) groups excluding carboxylic acids is 1. The van der Waals surface area contributed by atoms with E-state index < -0.39 is 11.6 Å². The first-order valence-electron chi connectivity index (χ1n) is 7.97. The minimum Gasteiger partial charge on any atom is -0.378 e. The van der Waals surface area contributed by atoms with Gasteiger partial charge in [-0.1, -0.05) is 25.5 Å². The van der Waals surface area contributed by atoms with Crippen LogP contribution in [0.5, 0.6) is 0 Å². The third-order valence-electron chi connectivity index (χ3n) is 3.82. The van der Waals surface area contributed by atoms with Crippen LogP contribution in [0.1, 0.15) is 19.8 Å². The van der Waals surface area contributed by atoms with E-state index in [1.165, 1.54) is 0 Å². The van der Waals surface area contributed by atoms with E-state index in [4.69, 9.17) is 11.5 Å². The number of hydrogen-bond acceptors (Lipinski definition) is 5. The molecular weight excluding hydrogens is 302 g/mol. The Bertz CT molecular complexity index is 695. The highest BCUT2D eigenvalue weighted by Crippen LogP contribution is 2.28. The minimum absolute atomic E-state index is 0.401. The van der Waals surface area contributed by atoms with Crippen LogP contribution in [-0.4, -0.2) is 30.6 Å². The molecule has 6 nitrogen and oxygen atoms in total. The molecule has 24 heavy (non-hydrogen) atoms. The number of anilines is 2. The SMILES string of the molecule is CCCC(N)(N)C(=O)Nc1ncccc1-c1ccc(N(C)C)cc1. The summed E-state index contributed by atoms with van der Waals surface area (Å²) in [7, 11) is 3.97. The lowest BCUT2D eigenvalue weighted by Gasteiger charge is -2.23. The fraction of sp³-hybridized carbons (Fsp3) is 0.333. The molecule has 0 aliphatic carbocycles. The highest BCUT2D eigenvalue weighted by atomic mass is 16.2. The maximum absolute atomic E-state index is 12.3. The Morgan fingerprint density at radius 3 is 2.46 bits per heavy atom. The average molecular weight is 327 g/mol. The lowest BCUT2D eigenvalue weighted by atomic mass is 10.0. The van der Waals surface area contributed by atoms with Crippen LogP contribution in [0.4, 0.5) is 11.5 Å². The first-order chi connectivity index (χ1) is 11.3. The molecule has 0 saturated carbocycles. The van der Waals surface area contributed by atoms with Crippen LogP contribution in [0.15, 0.2) is 42.6 Å². The van der Waals surface area contributed by atoms with E-state index in [9.17, 15) is 4.79 Å². The van der Waals surface area contributed by atoms with Gasteiger partial charge in [0.25, 0.3) is 5.91 Å². The van der Waals surface area contributed by atoms with Crippen molar-refractivity contribution in [1.29, 1.82) is 0 Å². The van der Waals surface area contributed by atoms with Crippen molar-refractivity contribution in [1.82, 2.24) is 4.98 Å². The van der Waals surface area contributed by atoms with Gasteiger partial charge in [0, 0.05) is 31.5 Å². The quantitative estimate of drug-likeness (QED) is 0.706. The van der Waals surface area contributed by atoms with Gasteiger partial charge in [0.1, 0.15) is 11.5 Å². The van der Waals surface area contributed by atoms with E-state index >= 15 is 0 Å². The van der Waals surface area contributed by atoms with Crippen LogP contribution in [0.25, 0.3) is 11.1 Å². The van der Waals surface area contributed by atoms with Crippen LogP contribution >= 0.6 is 0 Å². The van der Waals surface area contributed by atoms with Gasteiger partial charge in [0.15, 0.2) is 0 Å². The first-order valence-corrected chi connectivity index (χ1v) is 7.97. The summed E-state index contributed by atoms with van der Waals surface area (Å²) < 4.78 is 0. The molecule has 0 atom stereocenters. The number of nitrogens with one attached hydrogen (secondary N) is 1. The fourth-order valence-electron chi connectivity index (χ4n) is 2.43. The molecule has 0 unspecified atom stereocenters. The molecule has 0 saturated heterocycles. The molecule has 2 aromatic rings. The van der Waals surface area contributed by atoms with Crippen molar-refractivity contribution in [3.05, 3.63) is 42.6 Å². The van der Waals surface area contributed by atoms with Crippen molar-refractivity contribution >= 4 is 17.4 Å². The van der Waals surface area contributed by atoms with E-state index in [0.717, 1.165) is 23.2 Å². The lowest BCUT2D eigenvalue weighted by molar-refractivity contribution is -0.121. The van der Waals surface area contributed by atoms with Gasteiger partial charge in [-0.2, -0.15) is 0 Å². The number of amides is 1. The van der Waals surface area contributed by atoms with Crippen molar-refractivity contribution < 1.29 is 4.79 Å². The monoisotopic (exact) mass is 327 g/mol. The average Bonchev–Trinajstić information content (AvgIpc) is 2.55. The molecule has 0 aliphatic rings. The standard InChI is InChI=1S/C18H25N5O/c1-4-11-18(19,20)17(24)22-16-15(6-5-12-21-16)13-7-9-14(10-8-13)23(2)3/h5-10,12H,4,11,19-20H2,1-3H3,(H,21,22,24). The predicted molar refractivity (Wildman–Crippen MR) is 98.6 cm³/mol. The van der Waals surface area contributed by atoms with Gasteiger partial charge in [-0.15, -0.1) is 0 Å². The Kier molecular flexibility index (Phi) is 5.54. The highest BCUT2D eigenvalue weighted by molar-refractivity contribution is 5.99. The zero-order valence-electron chi connectivity index (χ0n) is 14.4.